The molecule has 0 aliphatic heterocycles. The second-order valence-corrected chi connectivity index (χ2v) is 12.3. The molecule has 2 nitrogen and oxygen atoms in total. The molecule has 0 radical (unpaired) electrons. The average Bonchev–Trinajstić information content (AvgIpc) is 3.00. The molecule has 178 valence electrons. The van der Waals surface area contributed by atoms with Gasteiger partial charge in [0.1, 0.15) is 0 Å². The van der Waals surface area contributed by atoms with Crippen LogP contribution in [0, 0.1) is 11.3 Å². The number of benzene rings is 7. The van der Waals surface area contributed by atoms with Crippen molar-refractivity contribution in [2.75, 3.05) is 0 Å². The van der Waals surface area contributed by atoms with Crippen molar-refractivity contribution in [1.29, 1.82) is 5.26 Å². The van der Waals surface area contributed by atoms with E-state index in [1.807, 2.05) is 60.7 Å². The molecule has 0 spiro atoms. The predicted octanol–water partition coefficient (Wildman–Crippen LogP) is 7.81. The van der Waals surface area contributed by atoms with Crippen molar-refractivity contribution in [3.63, 3.8) is 0 Å². The molecular weight excluding hydrogens is 481 g/mol. The van der Waals surface area contributed by atoms with Gasteiger partial charge in [0.2, 0.25) is 0 Å². The molecule has 0 atom stereocenters. The van der Waals surface area contributed by atoms with Gasteiger partial charge in [-0.2, -0.15) is 5.26 Å². The first-order valence-electron chi connectivity index (χ1n) is 12.6. The standard InChI is InChI=1S/C35H22NOP/c36-23-24-15-19-27(20-16-24)38(37,34-13-5-11-30-28-9-3-1-7-25(28)17-21-32(30)34)35-14-6-12-31-29-10-4-2-8-26(29)18-22-33(31)35/h1-22H. The summed E-state index contributed by atoms with van der Waals surface area (Å²) in [7, 11) is -3.36. The molecule has 0 aromatic heterocycles. The van der Waals surface area contributed by atoms with Crippen LogP contribution in [0.3, 0.4) is 0 Å². The molecule has 0 unspecified atom stereocenters. The fourth-order valence-electron chi connectivity index (χ4n) is 5.75. The maximum absolute atomic E-state index is 15.8. The summed E-state index contributed by atoms with van der Waals surface area (Å²) in [4.78, 5) is 0. The Balaban J connectivity index is 1.62. The van der Waals surface area contributed by atoms with E-state index in [4.69, 9.17) is 0 Å². The summed E-state index contributed by atoms with van der Waals surface area (Å²) in [5.74, 6) is 0. The molecule has 3 heteroatoms. The Morgan fingerprint density at radius 1 is 0.447 bits per heavy atom. The number of nitrogens with zero attached hydrogens (tertiary/aromatic N) is 1. The highest BCUT2D eigenvalue weighted by Crippen LogP contribution is 2.47. The van der Waals surface area contributed by atoms with Crippen molar-refractivity contribution in [3.8, 4) is 6.07 Å². The second kappa shape index (κ2) is 8.70. The van der Waals surface area contributed by atoms with E-state index in [1.165, 1.54) is 0 Å². The topological polar surface area (TPSA) is 40.9 Å². The molecule has 38 heavy (non-hydrogen) atoms. The van der Waals surface area contributed by atoms with Crippen LogP contribution in [-0.2, 0) is 4.57 Å². The van der Waals surface area contributed by atoms with Crippen molar-refractivity contribution in [1.82, 2.24) is 0 Å². The fourth-order valence-corrected chi connectivity index (χ4v) is 8.80. The molecule has 0 aliphatic carbocycles. The van der Waals surface area contributed by atoms with Crippen LogP contribution in [0.25, 0.3) is 43.1 Å². The van der Waals surface area contributed by atoms with E-state index >= 15 is 4.57 Å². The number of hydrogen-bond acceptors (Lipinski definition) is 2. The summed E-state index contributed by atoms with van der Waals surface area (Å²) >= 11 is 0. The van der Waals surface area contributed by atoms with Gasteiger partial charge in [0, 0.05) is 15.9 Å². The third kappa shape index (κ3) is 3.30. The van der Waals surface area contributed by atoms with Gasteiger partial charge in [-0.05, 0) is 67.4 Å². The molecule has 0 saturated carbocycles. The lowest BCUT2D eigenvalue weighted by Gasteiger charge is -2.24. The Morgan fingerprint density at radius 2 is 0.921 bits per heavy atom. The monoisotopic (exact) mass is 503 g/mol. The molecule has 7 aromatic rings. The Kier molecular flexibility index (Phi) is 5.15. The maximum Gasteiger partial charge on any atom is 0.172 e. The highest BCUT2D eigenvalue weighted by atomic mass is 31.2. The fraction of sp³-hybridized carbons (Fsp3) is 0. The number of hydrogen-bond donors (Lipinski definition) is 0. The number of fused-ring (bicyclic) bond motifs is 6. The van der Waals surface area contributed by atoms with Crippen LogP contribution < -0.4 is 15.9 Å². The van der Waals surface area contributed by atoms with Gasteiger partial charge in [-0.25, -0.2) is 0 Å². The summed E-state index contributed by atoms with van der Waals surface area (Å²) < 4.78 is 15.8. The smallest absolute Gasteiger partial charge is 0.172 e. The van der Waals surface area contributed by atoms with Gasteiger partial charge in [-0.3, -0.25) is 0 Å². The van der Waals surface area contributed by atoms with Crippen molar-refractivity contribution in [2.45, 2.75) is 0 Å². The molecule has 0 amide bonds. The zero-order valence-electron chi connectivity index (χ0n) is 20.5. The zero-order valence-corrected chi connectivity index (χ0v) is 21.4. The van der Waals surface area contributed by atoms with Crippen LogP contribution in [0.4, 0.5) is 0 Å². The minimum atomic E-state index is -3.36. The summed E-state index contributed by atoms with van der Waals surface area (Å²) in [6, 6.07) is 46.8. The van der Waals surface area contributed by atoms with Gasteiger partial charge >= 0.3 is 0 Å². The zero-order chi connectivity index (χ0) is 25.7. The summed E-state index contributed by atoms with van der Waals surface area (Å²) in [6.45, 7) is 0. The van der Waals surface area contributed by atoms with Crippen molar-refractivity contribution < 1.29 is 4.57 Å². The molecule has 0 N–H and O–H groups in total. The molecule has 0 bridgehead atoms. The van der Waals surface area contributed by atoms with Gasteiger partial charge in [-0.1, -0.05) is 109 Å². The van der Waals surface area contributed by atoms with E-state index in [0.29, 0.717) is 5.56 Å². The van der Waals surface area contributed by atoms with E-state index in [0.717, 1.165) is 59.0 Å². The highest BCUT2D eigenvalue weighted by Gasteiger charge is 2.33. The molecule has 0 heterocycles. The van der Waals surface area contributed by atoms with Crippen LogP contribution in [0.15, 0.2) is 133 Å². The minimum Gasteiger partial charge on any atom is -0.309 e. The summed E-state index contributed by atoms with van der Waals surface area (Å²) in [5.41, 5.74) is 0.549. The lowest BCUT2D eigenvalue weighted by atomic mass is 10.0. The molecular formula is C35H22NOP. The Bertz CT molecular complexity index is 2000. The van der Waals surface area contributed by atoms with E-state index in [-0.39, 0.29) is 0 Å². The van der Waals surface area contributed by atoms with Crippen LogP contribution >= 0.6 is 7.14 Å². The Morgan fingerprint density at radius 3 is 1.42 bits per heavy atom. The summed E-state index contributed by atoms with van der Waals surface area (Å²) in [6.07, 6.45) is 0. The molecule has 0 fully saturated rings. The van der Waals surface area contributed by atoms with Crippen LogP contribution in [0.1, 0.15) is 5.56 Å². The van der Waals surface area contributed by atoms with Crippen LogP contribution in [0.5, 0.6) is 0 Å². The molecule has 7 rings (SSSR count). The first kappa shape index (κ1) is 22.5. The molecule has 7 aromatic carbocycles. The quantitative estimate of drug-likeness (QED) is 0.182. The van der Waals surface area contributed by atoms with E-state index in [2.05, 4.69) is 66.7 Å². The van der Waals surface area contributed by atoms with Crippen molar-refractivity contribution in [2.24, 2.45) is 0 Å². The third-order valence-electron chi connectivity index (χ3n) is 7.57. The first-order chi connectivity index (χ1) is 18.7. The lowest BCUT2D eigenvalue weighted by molar-refractivity contribution is 0.593. The van der Waals surface area contributed by atoms with Crippen molar-refractivity contribution in [3.05, 3.63) is 139 Å². The van der Waals surface area contributed by atoms with Gasteiger partial charge in [0.25, 0.3) is 0 Å². The second-order valence-electron chi connectivity index (χ2n) is 9.59. The third-order valence-corrected chi connectivity index (χ3v) is 10.7. The van der Waals surface area contributed by atoms with Gasteiger partial charge < -0.3 is 4.57 Å². The van der Waals surface area contributed by atoms with Crippen molar-refractivity contribution >= 4 is 66.1 Å². The predicted molar refractivity (Wildman–Crippen MR) is 161 cm³/mol. The lowest BCUT2D eigenvalue weighted by Crippen LogP contribution is -2.26. The van der Waals surface area contributed by atoms with Gasteiger partial charge in [-0.15, -0.1) is 0 Å². The van der Waals surface area contributed by atoms with Crippen LogP contribution in [-0.4, -0.2) is 0 Å². The highest BCUT2D eigenvalue weighted by molar-refractivity contribution is 7.86. The average molecular weight is 504 g/mol. The van der Waals surface area contributed by atoms with Gasteiger partial charge in [0.05, 0.1) is 11.6 Å². The van der Waals surface area contributed by atoms with E-state index in [9.17, 15) is 5.26 Å². The molecule has 0 aliphatic rings. The number of nitriles is 1. The Labute approximate surface area is 220 Å². The van der Waals surface area contributed by atoms with E-state index in [1.54, 1.807) is 12.1 Å². The maximum atomic E-state index is 15.8. The Hall–Kier alpha value is -4.70. The van der Waals surface area contributed by atoms with Gasteiger partial charge in [0.15, 0.2) is 7.14 Å². The summed E-state index contributed by atoms with van der Waals surface area (Å²) in [5, 5.41) is 20.5. The normalized spacial score (nSPS) is 11.8. The largest absolute Gasteiger partial charge is 0.309 e. The minimum absolute atomic E-state index is 0.549. The van der Waals surface area contributed by atoms with Crippen LogP contribution in [0.2, 0.25) is 0 Å². The number of rotatable bonds is 3. The van der Waals surface area contributed by atoms with E-state index < -0.39 is 7.14 Å². The SMILES string of the molecule is N#Cc1ccc(P(=O)(c2cccc3c2ccc2ccccc23)c2cccc3c2ccc2ccccc23)cc1. The molecule has 0 saturated heterocycles. The first-order valence-corrected chi connectivity index (χ1v) is 14.3.